The Hall–Kier alpha value is -2.95. The predicted molar refractivity (Wildman–Crippen MR) is 136 cm³/mol. The third-order valence-electron chi connectivity index (χ3n) is 5.41. The number of thiophene rings is 1. The number of hydrogen-bond donors (Lipinski definition) is 2. The van der Waals surface area contributed by atoms with Gasteiger partial charge in [0.05, 0.1) is 25.1 Å². The van der Waals surface area contributed by atoms with E-state index in [0.29, 0.717) is 45.3 Å². The molecule has 1 atom stereocenters. The van der Waals surface area contributed by atoms with Crippen LogP contribution in [0.5, 0.6) is 11.5 Å². The van der Waals surface area contributed by atoms with Gasteiger partial charge in [-0.1, -0.05) is 0 Å². The SMILES string of the molecule is COc1ccc(OC[C@H](O)CN(Cc2nc3sc(C(=O)OC(C)C)c(C)c3c(=O)[nH]2)C(C)C)cc1. The second-order valence-corrected chi connectivity index (χ2v) is 9.87. The molecule has 0 aliphatic rings. The second-order valence-electron chi connectivity index (χ2n) is 8.87. The average Bonchev–Trinajstić information content (AvgIpc) is 3.14. The minimum absolute atomic E-state index is 0.0771. The van der Waals surface area contributed by atoms with Crippen molar-refractivity contribution >= 4 is 27.5 Å². The molecule has 35 heavy (non-hydrogen) atoms. The van der Waals surface area contributed by atoms with Crippen LogP contribution >= 0.6 is 11.3 Å². The van der Waals surface area contributed by atoms with E-state index in [1.54, 1.807) is 52.1 Å². The van der Waals surface area contributed by atoms with Crippen molar-refractivity contribution < 1.29 is 24.1 Å². The summed E-state index contributed by atoms with van der Waals surface area (Å²) in [4.78, 5) is 35.6. The molecule has 0 amide bonds. The number of nitrogens with zero attached hydrogens (tertiary/aromatic N) is 2. The zero-order valence-electron chi connectivity index (χ0n) is 21.0. The Bertz CT molecular complexity index is 1200. The number of aliphatic hydroxyl groups is 1. The van der Waals surface area contributed by atoms with Gasteiger partial charge in [0.15, 0.2) is 0 Å². The Labute approximate surface area is 208 Å². The number of H-pyrrole nitrogens is 1. The van der Waals surface area contributed by atoms with E-state index in [4.69, 9.17) is 14.2 Å². The van der Waals surface area contributed by atoms with Crippen molar-refractivity contribution in [3.8, 4) is 11.5 Å². The van der Waals surface area contributed by atoms with Crippen molar-refractivity contribution in [1.29, 1.82) is 0 Å². The molecule has 3 aromatic rings. The van der Waals surface area contributed by atoms with Crippen molar-refractivity contribution in [3.05, 3.63) is 50.9 Å². The van der Waals surface area contributed by atoms with Gasteiger partial charge >= 0.3 is 5.97 Å². The fraction of sp³-hybridized carbons (Fsp3) is 0.480. The average molecular weight is 504 g/mol. The number of aromatic nitrogens is 2. The van der Waals surface area contributed by atoms with Crippen LogP contribution in [0.1, 0.15) is 48.8 Å². The molecule has 2 heterocycles. The Morgan fingerprint density at radius 2 is 1.83 bits per heavy atom. The number of fused-ring (bicyclic) bond motifs is 1. The van der Waals surface area contributed by atoms with E-state index in [1.807, 2.05) is 18.7 Å². The normalized spacial score (nSPS) is 12.5. The Morgan fingerprint density at radius 1 is 1.17 bits per heavy atom. The Balaban J connectivity index is 1.71. The fourth-order valence-electron chi connectivity index (χ4n) is 3.56. The summed E-state index contributed by atoms with van der Waals surface area (Å²) in [6, 6.07) is 7.22. The van der Waals surface area contributed by atoms with Gasteiger partial charge in [-0.25, -0.2) is 9.78 Å². The number of nitrogens with one attached hydrogen (secondary N) is 1. The zero-order valence-corrected chi connectivity index (χ0v) is 21.8. The first-order chi connectivity index (χ1) is 16.6. The highest BCUT2D eigenvalue weighted by Crippen LogP contribution is 2.28. The molecule has 10 heteroatoms. The maximum Gasteiger partial charge on any atom is 0.348 e. The summed E-state index contributed by atoms with van der Waals surface area (Å²) in [6.07, 6.45) is -1.01. The number of aryl methyl sites for hydroxylation is 1. The summed E-state index contributed by atoms with van der Waals surface area (Å²) in [5.41, 5.74) is 0.275. The topological polar surface area (TPSA) is 114 Å². The Kier molecular flexibility index (Phi) is 8.87. The summed E-state index contributed by atoms with van der Waals surface area (Å²) in [5.74, 6) is 1.37. The Morgan fingerprint density at radius 3 is 2.43 bits per heavy atom. The number of benzene rings is 1. The standard InChI is InChI=1S/C25H33N3O6S/c1-14(2)28(11-17(29)13-33-19-9-7-18(32-6)8-10-19)12-20-26-23(30)21-16(5)22(35-24(21)27-20)25(31)34-15(3)4/h7-10,14-15,17,29H,11-13H2,1-6H3,(H,26,27,30)/t17-/m1/s1. The van der Waals surface area contributed by atoms with Crippen LogP contribution in [-0.2, 0) is 11.3 Å². The van der Waals surface area contributed by atoms with Crippen LogP contribution in [0.4, 0.5) is 0 Å². The van der Waals surface area contributed by atoms with Crippen LogP contribution in [0, 0.1) is 6.92 Å². The molecule has 0 bridgehead atoms. The molecule has 190 valence electrons. The van der Waals surface area contributed by atoms with Gasteiger partial charge in [0.25, 0.3) is 5.56 Å². The van der Waals surface area contributed by atoms with Gasteiger partial charge in [0.2, 0.25) is 0 Å². The quantitative estimate of drug-likeness (QED) is 0.382. The first-order valence-corrected chi connectivity index (χ1v) is 12.3. The lowest BCUT2D eigenvalue weighted by Gasteiger charge is -2.28. The highest BCUT2D eigenvalue weighted by molar-refractivity contribution is 7.20. The van der Waals surface area contributed by atoms with Crippen LogP contribution in [0.15, 0.2) is 29.1 Å². The predicted octanol–water partition coefficient (Wildman–Crippen LogP) is 3.52. The van der Waals surface area contributed by atoms with Crippen LogP contribution in [0.3, 0.4) is 0 Å². The van der Waals surface area contributed by atoms with E-state index in [2.05, 4.69) is 9.97 Å². The summed E-state index contributed by atoms with van der Waals surface area (Å²) in [6.45, 7) is 10.1. The molecule has 0 unspecified atom stereocenters. The monoisotopic (exact) mass is 503 g/mol. The van der Waals surface area contributed by atoms with Crippen LogP contribution < -0.4 is 15.0 Å². The van der Waals surface area contributed by atoms with E-state index in [1.165, 1.54) is 0 Å². The van der Waals surface area contributed by atoms with Gasteiger partial charge in [-0.05, 0) is 64.4 Å². The fourth-order valence-corrected chi connectivity index (χ4v) is 4.65. The van der Waals surface area contributed by atoms with Gasteiger partial charge < -0.3 is 24.3 Å². The third kappa shape index (κ3) is 6.81. The van der Waals surface area contributed by atoms with Crippen molar-refractivity contribution in [2.24, 2.45) is 0 Å². The third-order valence-corrected chi connectivity index (χ3v) is 6.57. The first-order valence-electron chi connectivity index (χ1n) is 11.5. The summed E-state index contributed by atoms with van der Waals surface area (Å²) < 4.78 is 16.1. The van der Waals surface area contributed by atoms with Gasteiger partial charge in [-0.3, -0.25) is 9.69 Å². The van der Waals surface area contributed by atoms with E-state index in [9.17, 15) is 14.7 Å². The number of ether oxygens (including phenoxy) is 3. The molecule has 0 saturated heterocycles. The molecule has 0 radical (unpaired) electrons. The number of carbonyl (C=O) groups excluding carboxylic acids is 1. The number of aliphatic hydroxyl groups excluding tert-OH is 1. The lowest BCUT2D eigenvalue weighted by molar-refractivity contribution is 0.0383. The second kappa shape index (κ2) is 11.7. The lowest BCUT2D eigenvalue weighted by atomic mass is 10.2. The van der Waals surface area contributed by atoms with Gasteiger partial charge in [0.1, 0.15) is 39.7 Å². The number of methoxy groups -OCH3 is 1. The van der Waals surface area contributed by atoms with Crippen LogP contribution in [0.2, 0.25) is 0 Å². The number of rotatable bonds is 11. The molecule has 0 aliphatic heterocycles. The zero-order chi connectivity index (χ0) is 25.7. The molecule has 1 aromatic carbocycles. The van der Waals surface area contributed by atoms with Crippen molar-refractivity contribution in [2.75, 3.05) is 20.3 Å². The van der Waals surface area contributed by atoms with Crippen LogP contribution in [0.25, 0.3) is 10.2 Å². The molecular weight excluding hydrogens is 470 g/mol. The summed E-state index contributed by atoms with van der Waals surface area (Å²) in [7, 11) is 1.60. The molecule has 2 aromatic heterocycles. The number of esters is 1. The minimum atomic E-state index is -0.753. The van der Waals surface area contributed by atoms with E-state index in [-0.39, 0.29) is 24.3 Å². The summed E-state index contributed by atoms with van der Waals surface area (Å²) >= 11 is 1.16. The van der Waals surface area contributed by atoms with Gasteiger partial charge in [-0.15, -0.1) is 11.3 Å². The molecule has 0 saturated carbocycles. The lowest BCUT2D eigenvalue weighted by Crippen LogP contribution is -2.40. The molecule has 0 fully saturated rings. The van der Waals surface area contributed by atoms with Crippen molar-refractivity contribution in [3.63, 3.8) is 0 Å². The highest BCUT2D eigenvalue weighted by atomic mass is 32.1. The first kappa shape index (κ1) is 26.7. The van der Waals surface area contributed by atoms with Crippen LogP contribution in [-0.4, -0.2) is 64.5 Å². The molecular formula is C25H33N3O6S. The van der Waals surface area contributed by atoms with Crippen molar-refractivity contribution in [1.82, 2.24) is 14.9 Å². The number of hydrogen-bond acceptors (Lipinski definition) is 9. The highest BCUT2D eigenvalue weighted by Gasteiger charge is 2.22. The minimum Gasteiger partial charge on any atom is -0.497 e. The van der Waals surface area contributed by atoms with Crippen molar-refractivity contribution in [2.45, 2.75) is 59.4 Å². The van der Waals surface area contributed by atoms with Gasteiger partial charge in [-0.2, -0.15) is 0 Å². The van der Waals surface area contributed by atoms with E-state index in [0.717, 1.165) is 17.1 Å². The molecule has 9 nitrogen and oxygen atoms in total. The molecule has 2 N–H and O–H groups in total. The number of carbonyl (C=O) groups is 1. The van der Waals surface area contributed by atoms with E-state index >= 15 is 0 Å². The van der Waals surface area contributed by atoms with Gasteiger partial charge in [0, 0.05) is 12.6 Å². The maximum atomic E-state index is 12.8. The molecule has 0 spiro atoms. The summed E-state index contributed by atoms with van der Waals surface area (Å²) in [5, 5.41) is 11.0. The van der Waals surface area contributed by atoms with E-state index < -0.39 is 12.1 Å². The largest absolute Gasteiger partial charge is 0.497 e. The number of aromatic amines is 1. The maximum absolute atomic E-state index is 12.8. The molecule has 3 rings (SSSR count). The smallest absolute Gasteiger partial charge is 0.348 e. The molecule has 0 aliphatic carbocycles.